The highest BCUT2D eigenvalue weighted by Crippen LogP contribution is 2.30. The summed E-state index contributed by atoms with van der Waals surface area (Å²) in [7, 11) is 0. The van der Waals surface area contributed by atoms with Crippen molar-refractivity contribution in [2.45, 2.75) is 12.3 Å². The number of alkyl halides is 2. The molecular weight excluding hydrogens is 176 g/mol. The number of carbonyl (C=O) groups excluding carboxylic acids is 1. The first-order valence-electron chi connectivity index (χ1n) is 3.74. The molecule has 0 saturated carbocycles. The first-order valence-corrected chi connectivity index (χ1v) is 3.74. The number of benzene rings is 1. The molecule has 1 rings (SSSR count). The molecule has 1 amide bonds. The first-order chi connectivity index (χ1) is 6.02. The number of hydrogen-bond acceptors (Lipinski definition) is 1. The van der Waals surface area contributed by atoms with Crippen LogP contribution in [0.5, 0.6) is 0 Å². The minimum atomic E-state index is -3.16. The Morgan fingerprint density at radius 1 is 1.31 bits per heavy atom. The van der Waals surface area contributed by atoms with E-state index in [0.29, 0.717) is 0 Å². The van der Waals surface area contributed by atoms with Crippen molar-refractivity contribution >= 4 is 5.91 Å². The van der Waals surface area contributed by atoms with E-state index in [1.54, 1.807) is 6.07 Å². The van der Waals surface area contributed by atoms with Gasteiger partial charge in [-0.15, -0.1) is 0 Å². The third-order valence-corrected chi connectivity index (χ3v) is 1.59. The summed E-state index contributed by atoms with van der Waals surface area (Å²) < 4.78 is 26.2. The fraction of sp³-hybridized carbons (Fsp3) is 0.222. The van der Waals surface area contributed by atoms with Gasteiger partial charge in [-0.2, -0.15) is 0 Å². The predicted molar refractivity (Wildman–Crippen MR) is 44.1 cm³/mol. The van der Waals surface area contributed by atoms with Crippen molar-refractivity contribution in [3.8, 4) is 0 Å². The quantitative estimate of drug-likeness (QED) is 0.764. The maximum atomic E-state index is 13.1. The van der Waals surface area contributed by atoms with Gasteiger partial charge in [0.2, 0.25) is 5.91 Å². The van der Waals surface area contributed by atoms with Crippen LogP contribution in [0, 0.1) is 0 Å². The van der Waals surface area contributed by atoms with Gasteiger partial charge in [-0.25, -0.2) is 8.78 Å². The van der Waals surface area contributed by atoms with Crippen molar-refractivity contribution in [1.82, 2.24) is 0 Å². The predicted octanol–water partition coefficient (Wildman–Crippen LogP) is 1.65. The SMILES string of the molecule is NC(=O)CC(F)(F)c1ccccc1. The minimum absolute atomic E-state index is 0.186. The Hall–Kier alpha value is -1.45. The van der Waals surface area contributed by atoms with Crippen LogP contribution in [0.2, 0.25) is 0 Å². The molecule has 2 N–H and O–H groups in total. The fourth-order valence-corrected chi connectivity index (χ4v) is 1.00. The second-order valence-corrected chi connectivity index (χ2v) is 2.71. The topological polar surface area (TPSA) is 43.1 Å². The van der Waals surface area contributed by atoms with E-state index in [9.17, 15) is 13.6 Å². The zero-order chi connectivity index (χ0) is 9.90. The summed E-state index contributed by atoms with van der Waals surface area (Å²) in [5.74, 6) is -4.17. The lowest BCUT2D eigenvalue weighted by Gasteiger charge is -2.13. The Morgan fingerprint density at radius 2 is 1.85 bits per heavy atom. The van der Waals surface area contributed by atoms with Crippen LogP contribution in [0.25, 0.3) is 0 Å². The lowest BCUT2D eigenvalue weighted by atomic mass is 10.1. The van der Waals surface area contributed by atoms with E-state index >= 15 is 0 Å². The Kier molecular flexibility index (Phi) is 2.60. The largest absolute Gasteiger partial charge is 0.369 e. The van der Waals surface area contributed by atoms with Gasteiger partial charge in [-0.05, 0) is 0 Å². The van der Waals surface area contributed by atoms with E-state index < -0.39 is 18.3 Å². The van der Waals surface area contributed by atoms with Crippen LogP contribution >= 0.6 is 0 Å². The molecule has 4 heteroatoms. The second kappa shape index (κ2) is 3.51. The number of nitrogens with two attached hydrogens (primary N) is 1. The van der Waals surface area contributed by atoms with Crippen LogP contribution in [0.15, 0.2) is 30.3 Å². The Morgan fingerprint density at radius 3 is 2.31 bits per heavy atom. The van der Waals surface area contributed by atoms with Gasteiger partial charge in [0.05, 0.1) is 6.42 Å². The number of primary amides is 1. The van der Waals surface area contributed by atoms with E-state index in [1.807, 2.05) is 0 Å². The van der Waals surface area contributed by atoms with Crippen molar-refractivity contribution in [3.05, 3.63) is 35.9 Å². The number of rotatable bonds is 3. The number of amides is 1. The Balaban J connectivity index is 2.87. The van der Waals surface area contributed by atoms with E-state index in [4.69, 9.17) is 5.73 Å². The molecule has 70 valence electrons. The fourth-order valence-electron chi connectivity index (χ4n) is 1.00. The molecule has 0 aliphatic heterocycles. The molecule has 0 bridgehead atoms. The molecule has 0 aromatic heterocycles. The molecule has 0 aliphatic rings. The summed E-state index contributed by atoms with van der Waals surface area (Å²) in [4.78, 5) is 10.3. The summed E-state index contributed by atoms with van der Waals surface area (Å²) in [5, 5.41) is 0. The van der Waals surface area contributed by atoms with Crippen molar-refractivity contribution < 1.29 is 13.6 Å². The summed E-state index contributed by atoms with van der Waals surface area (Å²) in [6.07, 6.45) is -0.947. The molecule has 0 saturated heterocycles. The Bertz CT molecular complexity index is 298. The summed E-state index contributed by atoms with van der Waals surface area (Å²) in [6.45, 7) is 0. The lowest BCUT2D eigenvalue weighted by molar-refractivity contribution is -0.125. The summed E-state index contributed by atoms with van der Waals surface area (Å²) in [5.41, 5.74) is 4.51. The molecule has 0 heterocycles. The number of hydrogen-bond donors (Lipinski definition) is 1. The van der Waals surface area contributed by atoms with Crippen LogP contribution in [-0.4, -0.2) is 5.91 Å². The molecule has 0 radical (unpaired) electrons. The first kappa shape index (κ1) is 9.64. The molecule has 0 aliphatic carbocycles. The number of carbonyl (C=O) groups is 1. The van der Waals surface area contributed by atoms with Crippen LogP contribution in [0.4, 0.5) is 8.78 Å². The van der Waals surface area contributed by atoms with Gasteiger partial charge < -0.3 is 5.73 Å². The standard InChI is InChI=1S/C9H9F2NO/c10-9(11,6-8(12)13)7-4-2-1-3-5-7/h1-5H,6H2,(H2,12,13). The molecule has 0 fully saturated rings. The highest BCUT2D eigenvalue weighted by atomic mass is 19.3. The molecule has 0 spiro atoms. The lowest BCUT2D eigenvalue weighted by Crippen LogP contribution is -2.23. The monoisotopic (exact) mass is 185 g/mol. The molecule has 0 unspecified atom stereocenters. The van der Waals surface area contributed by atoms with E-state index in [1.165, 1.54) is 24.3 Å². The van der Waals surface area contributed by atoms with Crippen LogP contribution in [-0.2, 0) is 10.7 Å². The van der Waals surface area contributed by atoms with Crippen molar-refractivity contribution in [3.63, 3.8) is 0 Å². The van der Waals surface area contributed by atoms with E-state index in [2.05, 4.69) is 0 Å². The van der Waals surface area contributed by atoms with Gasteiger partial charge >= 0.3 is 0 Å². The van der Waals surface area contributed by atoms with Gasteiger partial charge in [0.1, 0.15) is 0 Å². The van der Waals surface area contributed by atoms with Crippen molar-refractivity contribution in [1.29, 1.82) is 0 Å². The number of halogens is 2. The smallest absolute Gasteiger partial charge is 0.281 e. The van der Waals surface area contributed by atoms with Gasteiger partial charge in [0, 0.05) is 5.56 Å². The normalized spacial score (nSPS) is 11.2. The Labute approximate surface area is 74.4 Å². The maximum Gasteiger partial charge on any atom is 0.281 e. The zero-order valence-corrected chi connectivity index (χ0v) is 6.84. The minimum Gasteiger partial charge on any atom is -0.369 e. The van der Waals surface area contributed by atoms with Crippen LogP contribution in [0.3, 0.4) is 0 Å². The van der Waals surface area contributed by atoms with E-state index in [0.717, 1.165) is 0 Å². The molecule has 1 aromatic rings. The molecule has 2 nitrogen and oxygen atoms in total. The third kappa shape index (κ3) is 2.50. The maximum absolute atomic E-state index is 13.1. The molecule has 1 aromatic carbocycles. The average Bonchev–Trinajstić information content (AvgIpc) is 2.04. The summed E-state index contributed by atoms with van der Waals surface area (Å²) in [6, 6.07) is 7.14. The van der Waals surface area contributed by atoms with E-state index in [-0.39, 0.29) is 5.56 Å². The van der Waals surface area contributed by atoms with Gasteiger partial charge in [-0.1, -0.05) is 30.3 Å². The van der Waals surface area contributed by atoms with Gasteiger partial charge in [-0.3, -0.25) is 4.79 Å². The zero-order valence-electron chi connectivity index (χ0n) is 6.84. The van der Waals surface area contributed by atoms with Crippen molar-refractivity contribution in [2.75, 3.05) is 0 Å². The van der Waals surface area contributed by atoms with Crippen LogP contribution in [0.1, 0.15) is 12.0 Å². The van der Waals surface area contributed by atoms with Gasteiger partial charge in [0.15, 0.2) is 0 Å². The summed E-state index contributed by atoms with van der Waals surface area (Å²) >= 11 is 0. The molecular formula is C9H9F2NO. The molecule has 13 heavy (non-hydrogen) atoms. The highest BCUT2D eigenvalue weighted by Gasteiger charge is 2.33. The van der Waals surface area contributed by atoms with Crippen molar-refractivity contribution in [2.24, 2.45) is 5.73 Å². The average molecular weight is 185 g/mol. The third-order valence-electron chi connectivity index (χ3n) is 1.59. The second-order valence-electron chi connectivity index (χ2n) is 2.71. The van der Waals surface area contributed by atoms with Gasteiger partial charge in [0.25, 0.3) is 5.92 Å². The highest BCUT2D eigenvalue weighted by molar-refractivity contribution is 5.74. The molecule has 0 atom stereocenters. The van der Waals surface area contributed by atoms with Crippen LogP contribution < -0.4 is 5.73 Å².